The summed E-state index contributed by atoms with van der Waals surface area (Å²) in [5, 5.41) is 0. The fourth-order valence-corrected chi connectivity index (χ4v) is 2.48. The van der Waals surface area contributed by atoms with Gasteiger partial charge < -0.3 is 14.2 Å². The van der Waals surface area contributed by atoms with Gasteiger partial charge >= 0.3 is 11.9 Å². The van der Waals surface area contributed by atoms with Gasteiger partial charge in [0.25, 0.3) is 0 Å². The van der Waals surface area contributed by atoms with Gasteiger partial charge in [0.2, 0.25) is 0 Å². The van der Waals surface area contributed by atoms with Crippen LogP contribution in [0.2, 0.25) is 0 Å². The van der Waals surface area contributed by atoms with E-state index in [-0.39, 0.29) is 12.0 Å². The van der Waals surface area contributed by atoms with Crippen LogP contribution < -0.4 is 0 Å². The number of methoxy groups -OCH3 is 2. The van der Waals surface area contributed by atoms with Crippen LogP contribution in [0.5, 0.6) is 0 Å². The first-order chi connectivity index (χ1) is 11.6. The molecule has 0 atom stereocenters. The number of carbonyl (C=O) groups excluding carboxylic acids is 2. The lowest BCUT2D eigenvalue weighted by Crippen LogP contribution is -2.35. The van der Waals surface area contributed by atoms with E-state index in [0.717, 1.165) is 38.4 Å². The van der Waals surface area contributed by atoms with Crippen LogP contribution in [0.4, 0.5) is 0 Å². The number of esters is 2. The summed E-state index contributed by atoms with van der Waals surface area (Å²) >= 11 is 0. The molecule has 0 amide bonds. The molecule has 0 N–H and O–H groups in total. The van der Waals surface area contributed by atoms with E-state index in [0.29, 0.717) is 0 Å². The maximum absolute atomic E-state index is 11.8. The van der Waals surface area contributed by atoms with Crippen molar-refractivity contribution in [2.24, 2.45) is 0 Å². The minimum atomic E-state index is -0.530. The Morgan fingerprint density at radius 1 is 1.12 bits per heavy atom. The Labute approximate surface area is 142 Å². The number of hydrogen-bond donors (Lipinski definition) is 0. The number of carbonyl (C=O) groups is 2. The highest BCUT2D eigenvalue weighted by atomic mass is 16.5. The van der Waals surface area contributed by atoms with Crippen LogP contribution >= 0.6 is 0 Å². The average molecular weight is 333 g/mol. The van der Waals surface area contributed by atoms with Gasteiger partial charge in [-0.2, -0.15) is 0 Å². The zero-order chi connectivity index (χ0) is 17.4. The first-order valence-corrected chi connectivity index (χ1v) is 7.87. The summed E-state index contributed by atoms with van der Waals surface area (Å²) in [6, 6.07) is 7.90. The van der Waals surface area contributed by atoms with E-state index in [4.69, 9.17) is 9.47 Å². The van der Waals surface area contributed by atoms with Crippen molar-refractivity contribution in [3.05, 3.63) is 41.0 Å². The fourth-order valence-electron chi connectivity index (χ4n) is 2.48. The van der Waals surface area contributed by atoms with E-state index < -0.39 is 11.9 Å². The third-order valence-corrected chi connectivity index (χ3v) is 3.84. The van der Waals surface area contributed by atoms with Crippen molar-refractivity contribution in [3.63, 3.8) is 0 Å². The second-order valence-electron chi connectivity index (χ2n) is 5.54. The molecular weight excluding hydrogens is 310 g/mol. The van der Waals surface area contributed by atoms with Gasteiger partial charge in [0.1, 0.15) is 0 Å². The minimum Gasteiger partial charge on any atom is -0.469 e. The van der Waals surface area contributed by atoms with Crippen molar-refractivity contribution in [2.45, 2.75) is 13.0 Å². The molecule has 1 aliphatic heterocycles. The van der Waals surface area contributed by atoms with Crippen molar-refractivity contribution in [1.82, 2.24) is 4.90 Å². The molecule has 6 heteroatoms. The second-order valence-corrected chi connectivity index (χ2v) is 5.54. The molecule has 0 bridgehead atoms. The molecule has 0 aliphatic carbocycles. The number of benzene rings is 1. The second kappa shape index (κ2) is 9.20. The van der Waals surface area contributed by atoms with E-state index >= 15 is 0 Å². The number of ether oxygens (including phenoxy) is 3. The van der Waals surface area contributed by atoms with Crippen LogP contribution in [-0.4, -0.2) is 57.4 Å². The van der Waals surface area contributed by atoms with E-state index in [1.165, 1.54) is 19.8 Å². The van der Waals surface area contributed by atoms with Crippen LogP contribution in [0.3, 0.4) is 0 Å². The van der Waals surface area contributed by atoms with Crippen LogP contribution in [0.1, 0.15) is 17.5 Å². The molecule has 0 spiro atoms. The highest BCUT2D eigenvalue weighted by molar-refractivity contribution is 5.98. The topological polar surface area (TPSA) is 65.1 Å². The molecule has 2 rings (SSSR count). The predicted octanol–water partition coefficient (Wildman–Crippen LogP) is 1.64. The van der Waals surface area contributed by atoms with Crippen LogP contribution in [0.25, 0.3) is 6.08 Å². The third-order valence-electron chi connectivity index (χ3n) is 3.84. The highest BCUT2D eigenvalue weighted by Crippen LogP contribution is 2.15. The number of rotatable bonds is 6. The zero-order valence-corrected chi connectivity index (χ0v) is 14.1. The maximum atomic E-state index is 11.8. The summed E-state index contributed by atoms with van der Waals surface area (Å²) in [4.78, 5) is 25.5. The Morgan fingerprint density at radius 3 is 2.38 bits per heavy atom. The average Bonchev–Trinajstić information content (AvgIpc) is 2.62. The van der Waals surface area contributed by atoms with Crippen molar-refractivity contribution >= 4 is 18.0 Å². The molecule has 1 aromatic carbocycles. The lowest BCUT2D eigenvalue weighted by molar-refractivity contribution is -0.143. The molecule has 24 heavy (non-hydrogen) atoms. The molecule has 1 heterocycles. The Balaban J connectivity index is 2.06. The van der Waals surface area contributed by atoms with Gasteiger partial charge in [0.15, 0.2) is 0 Å². The van der Waals surface area contributed by atoms with Crippen LogP contribution in [0.15, 0.2) is 29.8 Å². The molecule has 0 radical (unpaired) electrons. The minimum absolute atomic E-state index is 0.112. The van der Waals surface area contributed by atoms with Crippen LogP contribution in [0, 0.1) is 0 Å². The van der Waals surface area contributed by atoms with Crippen molar-refractivity contribution < 1.29 is 23.8 Å². The summed E-state index contributed by atoms with van der Waals surface area (Å²) < 4.78 is 14.7. The summed E-state index contributed by atoms with van der Waals surface area (Å²) in [7, 11) is 2.58. The SMILES string of the molecule is COC(=O)C/C(=C\c1ccc(CN2CCOCC2)cc1)C(=O)OC. The maximum Gasteiger partial charge on any atom is 0.334 e. The van der Waals surface area contributed by atoms with Gasteiger partial charge in [-0.1, -0.05) is 24.3 Å². The zero-order valence-electron chi connectivity index (χ0n) is 14.1. The molecule has 1 fully saturated rings. The lowest BCUT2D eigenvalue weighted by Gasteiger charge is -2.26. The summed E-state index contributed by atoms with van der Waals surface area (Å²) in [6.07, 6.45) is 1.54. The molecule has 6 nitrogen and oxygen atoms in total. The first-order valence-electron chi connectivity index (χ1n) is 7.87. The van der Waals surface area contributed by atoms with Gasteiger partial charge in [-0.25, -0.2) is 4.79 Å². The van der Waals surface area contributed by atoms with Gasteiger partial charge in [-0.15, -0.1) is 0 Å². The van der Waals surface area contributed by atoms with Gasteiger partial charge in [-0.05, 0) is 17.2 Å². The van der Waals surface area contributed by atoms with E-state index in [1.54, 1.807) is 6.08 Å². The smallest absolute Gasteiger partial charge is 0.334 e. The largest absolute Gasteiger partial charge is 0.469 e. The monoisotopic (exact) mass is 333 g/mol. The molecular formula is C18H23NO5. The lowest BCUT2D eigenvalue weighted by atomic mass is 10.1. The van der Waals surface area contributed by atoms with E-state index in [2.05, 4.69) is 9.64 Å². The summed E-state index contributed by atoms with van der Waals surface area (Å²) in [5.41, 5.74) is 2.30. The fraction of sp³-hybridized carbons (Fsp3) is 0.444. The Bertz CT molecular complexity index is 588. The molecule has 0 aromatic heterocycles. The molecule has 1 saturated heterocycles. The standard InChI is InChI=1S/C18H23NO5/c1-22-17(20)12-16(18(21)23-2)11-14-3-5-15(6-4-14)13-19-7-9-24-10-8-19/h3-6,11H,7-10,12-13H2,1-2H3/b16-11+. The van der Waals surface area contributed by atoms with Gasteiger partial charge in [0, 0.05) is 25.2 Å². The highest BCUT2D eigenvalue weighted by Gasteiger charge is 2.15. The Kier molecular flexibility index (Phi) is 6.96. The molecule has 1 aliphatic rings. The normalized spacial score (nSPS) is 15.8. The van der Waals surface area contributed by atoms with Gasteiger partial charge in [-0.3, -0.25) is 9.69 Å². The number of morpholine rings is 1. The van der Waals surface area contributed by atoms with E-state index in [9.17, 15) is 9.59 Å². The molecule has 1 aromatic rings. The number of nitrogens with zero attached hydrogens (tertiary/aromatic N) is 1. The molecule has 0 unspecified atom stereocenters. The summed E-state index contributed by atoms with van der Waals surface area (Å²) in [5.74, 6) is -1.01. The number of hydrogen-bond acceptors (Lipinski definition) is 6. The van der Waals surface area contributed by atoms with E-state index in [1.807, 2.05) is 24.3 Å². The van der Waals surface area contributed by atoms with Crippen LogP contribution in [-0.2, 0) is 30.3 Å². The van der Waals surface area contributed by atoms with Crippen molar-refractivity contribution in [1.29, 1.82) is 0 Å². The molecule has 130 valence electrons. The predicted molar refractivity (Wildman–Crippen MR) is 89.2 cm³/mol. The quantitative estimate of drug-likeness (QED) is 0.582. The van der Waals surface area contributed by atoms with Crippen molar-refractivity contribution in [3.8, 4) is 0 Å². The molecule has 0 saturated carbocycles. The third kappa shape index (κ3) is 5.47. The summed E-state index contributed by atoms with van der Waals surface area (Å²) in [6.45, 7) is 4.30. The Hall–Kier alpha value is -2.18. The first kappa shape index (κ1) is 18.2. The van der Waals surface area contributed by atoms with Crippen molar-refractivity contribution in [2.75, 3.05) is 40.5 Å². The Morgan fingerprint density at radius 2 is 1.79 bits per heavy atom. The van der Waals surface area contributed by atoms with Gasteiger partial charge in [0.05, 0.1) is 33.9 Å².